The number of rotatable bonds is 9. The van der Waals surface area contributed by atoms with E-state index in [1.165, 1.54) is 0 Å². The second-order valence-electron chi connectivity index (χ2n) is 4.52. The van der Waals surface area contributed by atoms with E-state index in [0.29, 0.717) is 13.2 Å². The lowest BCUT2D eigenvalue weighted by Crippen LogP contribution is -2.23. The molecule has 0 bridgehead atoms. The number of nitrogens with one attached hydrogen (secondary N) is 1. The second kappa shape index (κ2) is 8.96. The molecule has 1 aromatic carbocycles. The summed E-state index contributed by atoms with van der Waals surface area (Å²) >= 11 is 0. The minimum absolute atomic E-state index is 0.00749. The van der Waals surface area contributed by atoms with Gasteiger partial charge in [0.15, 0.2) is 0 Å². The predicted molar refractivity (Wildman–Crippen MR) is 75.6 cm³/mol. The Labute approximate surface area is 118 Å². The molecule has 0 atom stereocenters. The molecule has 20 heavy (non-hydrogen) atoms. The van der Waals surface area contributed by atoms with Crippen molar-refractivity contribution in [3.8, 4) is 5.75 Å². The van der Waals surface area contributed by atoms with E-state index in [2.05, 4.69) is 12.2 Å². The summed E-state index contributed by atoms with van der Waals surface area (Å²) in [6.45, 7) is 3.22. The van der Waals surface area contributed by atoms with Crippen molar-refractivity contribution in [2.45, 2.75) is 39.2 Å². The quantitative estimate of drug-likeness (QED) is 0.680. The van der Waals surface area contributed by atoms with Crippen molar-refractivity contribution in [3.63, 3.8) is 0 Å². The Hall–Kier alpha value is -2.04. The highest BCUT2D eigenvalue weighted by molar-refractivity contribution is 5.80. The minimum atomic E-state index is -0.964. The van der Waals surface area contributed by atoms with Crippen LogP contribution in [-0.2, 0) is 16.1 Å². The Kier molecular flexibility index (Phi) is 7.17. The van der Waals surface area contributed by atoms with Crippen LogP contribution in [0, 0.1) is 0 Å². The molecule has 5 heteroatoms. The van der Waals surface area contributed by atoms with E-state index in [4.69, 9.17) is 9.84 Å². The Balaban J connectivity index is 2.30. The average Bonchev–Trinajstić information content (AvgIpc) is 2.44. The smallest absolute Gasteiger partial charge is 0.303 e. The molecule has 0 saturated heterocycles. The first-order chi connectivity index (χ1) is 9.61. The molecule has 0 aliphatic carbocycles. The van der Waals surface area contributed by atoms with Crippen LogP contribution < -0.4 is 10.1 Å². The number of hydrogen-bond acceptors (Lipinski definition) is 3. The van der Waals surface area contributed by atoms with Gasteiger partial charge >= 0.3 is 5.97 Å². The first-order valence-corrected chi connectivity index (χ1v) is 6.82. The Morgan fingerprint density at radius 1 is 1.20 bits per heavy atom. The predicted octanol–water partition coefficient (Wildman–Crippen LogP) is 2.35. The summed E-state index contributed by atoms with van der Waals surface area (Å²) < 4.78 is 5.54. The molecular formula is C15H21NO4. The molecule has 1 amide bonds. The molecule has 0 radical (unpaired) electrons. The molecule has 0 unspecified atom stereocenters. The highest BCUT2D eigenvalue weighted by Gasteiger charge is 2.05. The number of carboxylic acid groups (broad SMARTS) is 1. The number of carboxylic acids is 1. The maximum atomic E-state index is 11.4. The number of carbonyl (C=O) groups excluding carboxylic acids is 1. The van der Waals surface area contributed by atoms with Crippen LogP contribution in [0.3, 0.4) is 0 Å². The van der Waals surface area contributed by atoms with Gasteiger partial charge in [-0.05, 0) is 24.1 Å². The summed E-state index contributed by atoms with van der Waals surface area (Å²) in [6.07, 6.45) is 1.99. The van der Waals surface area contributed by atoms with Crippen LogP contribution in [0.15, 0.2) is 24.3 Å². The van der Waals surface area contributed by atoms with Gasteiger partial charge in [0, 0.05) is 13.0 Å². The van der Waals surface area contributed by atoms with E-state index in [1.54, 1.807) is 0 Å². The molecule has 0 heterocycles. The van der Waals surface area contributed by atoms with Gasteiger partial charge in [-0.1, -0.05) is 25.5 Å². The Bertz CT molecular complexity index is 428. The van der Waals surface area contributed by atoms with Crippen LogP contribution in [0.4, 0.5) is 0 Å². The van der Waals surface area contributed by atoms with Crippen LogP contribution in [0.2, 0.25) is 0 Å². The van der Waals surface area contributed by atoms with E-state index >= 15 is 0 Å². The first-order valence-electron chi connectivity index (χ1n) is 6.82. The molecule has 0 fully saturated rings. The van der Waals surface area contributed by atoms with Gasteiger partial charge in [-0.2, -0.15) is 0 Å². The van der Waals surface area contributed by atoms with Crippen molar-refractivity contribution in [3.05, 3.63) is 29.8 Å². The monoisotopic (exact) mass is 279 g/mol. The molecule has 2 N–H and O–H groups in total. The van der Waals surface area contributed by atoms with Gasteiger partial charge in [-0.25, -0.2) is 0 Å². The molecule has 0 spiro atoms. The summed E-state index contributed by atoms with van der Waals surface area (Å²) in [4.78, 5) is 21.7. The Morgan fingerprint density at radius 2 is 1.90 bits per heavy atom. The van der Waals surface area contributed by atoms with E-state index in [9.17, 15) is 9.59 Å². The molecular weight excluding hydrogens is 258 g/mol. The van der Waals surface area contributed by atoms with Crippen LogP contribution in [-0.4, -0.2) is 23.6 Å². The fourth-order valence-corrected chi connectivity index (χ4v) is 1.55. The topological polar surface area (TPSA) is 75.6 Å². The number of aliphatic carboxylic acids is 1. The largest absolute Gasteiger partial charge is 0.494 e. The van der Waals surface area contributed by atoms with Gasteiger partial charge in [0.05, 0.1) is 13.0 Å². The second-order valence-corrected chi connectivity index (χ2v) is 4.52. The number of carbonyl (C=O) groups is 2. The lowest BCUT2D eigenvalue weighted by atomic mass is 10.2. The van der Waals surface area contributed by atoms with E-state index < -0.39 is 5.97 Å². The van der Waals surface area contributed by atoms with Gasteiger partial charge in [0.1, 0.15) is 5.75 Å². The fourth-order valence-electron chi connectivity index (χ4n) is 1.55. The number of ether oxygens (including phenoxy) is 1. The van der Waals surface area contributed by atoms with Gasteiger partial charge in [0.2, 0.25) is 5.91 Å². The van der Waals surface area contributed by atoms with Gasteiger partial charge in [-0.3, -0.25) is 9.59 Å². The minimum Gasteiger partial charge on any atom is -0.494 e. The molecule has 0 saturated carbocycles. The van der Waals surface area contributed by atoms with E-state index in [0.717, 1.165) is 24.2 Å². The summed E-state index contributed by atoms with van der Waals surface area (Å²) in [5, 5.41) is 11.2. The Morgan fingerprint density at radius 3 is 2.50 bits per heavy atom. The molecule has 1 rings (SSSR count). The van der Waals surface area contributed by atoms with Crippen molar-refractivity contribution in [2.24, 2.45) is 0 Å². The third-order valence-electron chi connectivity index (χ3n) is 2.75. The van der Waals surface area contributed by atoms with Crippen molar-refractivity contribution >= 4 is 11.9 Å². The number of unbranched alkanes of at least 4 members (excludes halogenated alkanes) is 1. The average molecular weight is 279 g/mol. The molecule has 110 valence electrons. The third-order valence-corrected chi connectivity index (χ3v) is 2.75. The van der Waals surface area contributed by atoms with Gasteiger partial charge in [-0.15, -0.1) is 0 Å². The van der Waals surface area contributed by atoms with Crippen molar-refractivity contribution in [1.82, 2.24) is 5.32 Å². The summed E-state index contributed by atoms with van der Waals surface area (Å²) in [6, 6.07) is 7.51. The standard InChI is InChI=1S/C15H21NO4/c1-2-3-10-20-13-6-4-12(5-7-13)11-16-14(17)8-9-15(18)19/h4-7H,2-3,8-11H2,1H3,(H,16,17)(H,18,19). The van der Waals surface area contributed by atoms with Crippen LogP contribution in [0.5, 0.6) is 5.75 Å². The van der Waals surface area contributed by atoms with Crippen LogP contribution in [0.1, 0.15) is 38.2 Å². The van der Waals surface area contributed by atoms with Crippen molar-refractivity contribution < 1.29 is 19.4 Å². The fraction of sp³-hybridized carbons (Fsp3) is 0.467. The lowest BCUT2D eigenvalue weighted by Gasteiger charge is -2.07. The van der Waals surface area contributed by atoms with Crippen molar-refractivity contribution in [1.29, 1.82) is 0 Å². The molecule has 5 nitrogen and oxygen atoms in total. The summed E-state index contributed by atoms with van der Waals surface area (Å²) in [5.74, 6) is -0.399. The van der Waals surface area contributed by atoms with E-state index in [1.807, 2.05) is 24.3 Å². The summed E-state index contributed by atoms with van der Waals surface area (Å²) in [5.41, 5.74) is 0.955. The maximum Gasteiger partial charge on any atom is 0.303 e. The SMILES string of the molecule is CCCCOc1ccc(CNC(=O)CCC(=O)O)cc1. The zero-order chi connectivity index (χ0) is 14.8. The highest BCUT2D eigenvalue weighted by atomic mass is 16.5. The van der Waals surface area contributed by atoms with Gasteiger partial charge < -0.3 is 15.2 Å². The third kappa shape index (κ3) is 6.78. The number of hydrogen-bond donors (Lipinski definition) is 2. The van der Waals surface area contributed by atoms with E-state index in [-0.39, 0.29) is 18.7 Å². The zero-order valence-corrected chi connectivity index (χ0v) is 11.7. The lowest BCUT2D eigenvalue weighted by molar-refractivity contribution is -0.138. The molecule has 1 aromatic rings. The van der Waals surface area contributed by atoms with Gasteiger partial charge in [0.25, 0.3) is 0 Å². The van der Waals surface area contributed by atoms with Crippen LogP contribution >= 0.6 is 0 Å². The maximum absolute atomic E-state index is 11.4. The number of benzene rings is 1. The van der Waals surface area contributed by atoms with Crippen LogP contribution in [0.25, 0.3) is 0 Å². The molecule has 0 aromatic heterocycles. The highest BCUT2D eigenvalue weighted by Crippen LogP contribution is 2.12. The molecule has 0 aliphatic rings. The van der Waals surface area contributed by atoms with Crippen molar-refractivity contribution in [2.75, 3.05) is 6.61 Å². The zero-order valence-electron chi connectivity index (χ0n) is 11.7. The number of amides is 1. The normalized spacial score (nSPS) is 10.1. The molecule has 0 aliphatic heterocycles. The first kappa shape index (κ1) is 16.0. The summed E-state index contributed by atoms with van der Waals surface area (Å²) in [7, 11) is 0.